The molecule has 8 heteroatoms. The third kappa shape index (κ3) is 5.95. The number of anilines is 1. The fourth-order valence-electron chi connectivity index (χ4n) is 3.08. The molecule has 0 radical (unpaired) electrons. The van der Waals surface area contributed by atoms with Gasteiger partial charge in [0.1, 0.15) is 11.6 Å². The van der Waals surface area contributed by atoms with Crippen LogP contribution in [0.5, 0.6) is 0 Å². The number of carbonyl (C=O) groups is 1. The number of hydrogen-bond donors (Lipinski definition) is 1. The molecule has 1 aliphatic rings. The van der Waals surface area contributed by atoms with Gasteiger partial charge >= 0.3 is 0 Å². The Morgan fingerprint density at radius 2 is 1.84 bits per heavy atom. The van der Waals surface area contributed by atoms with E-state index in [2.05, 4.69) is 5.32 Å². The van der Waals surface area contributed by atoms with Crippen molar-refractivity contribution in [2.75, 3.05) is 17.1 Å². The summed E-state index contributed by atoms with van der Waals surface area (Å²) in [6, 6.07) is 2.79. The van der Waals surface area contributed by atoms with Gasteiger partial charge in [0.15, 0.2) is 0 Å². The predicted octanol–water partition coefficient (Wildman–Crippen LogP) is 2.96. The van der Waals surface area contributed by atoms with Crippen LogP contribution in [0.25, 0.3) is 0 Å². The highest BCUT2D eigenvalue weighted by Gasteiger charge is 2.23. The molecule has 1 aromatic carbocycles. The number of rotatable bonds is 6. The largest absolute Gasteiger partial charge is 0.353 e. The Hall–Kier alpha value is -1.70. The van der Waals surface area contributed by atoms with Gasteiger partial charge in [0.05, 0.1) is 11.9 Å². The number of nitrogens with one attached hydrogen (secondary N) is 1. The van der Waals surface area contributed by atoms with Crippen LogP contribution >= 0.6 is 0 Å². The molecule has 0 unspecified atom stereocenters. The van der Waals surface area contributed by atoms with Crippen LogP contribution in [-0.2, 0) is 14.8 Å². The van der Waals surface area contributed by atoms with Gasteiger partial charge in [-0.15, -0.1) is 0 Å². The van der Waals surface area contributed by atoms with Crippen LogP contribution in [0.1, 0.15) is 44.9 Å². The highest BCUT2D eigenvalue weighted by molar-refractivity contribution is 7.92. The molecule has 0 atom stereocenters. The molecule has 2 rings (SSSR count). The van der Waals surface area contributed by atoms with E-state index in [1.165, 1.54) is 0 Å². The van der Waals surface area contributed by atoms with Gasteiger partial charge < -0.3 is 5.32 Å². The Morgan fingerprint density at radius 3 is 2.40 bits per heavy atom. The average Bonchev–Trinajstić information content (AvgIpc) is 2.76. The van der Waals surface area contributed by atoms with E-state index in [0.29, 0.717) is 6.07 Å². The van der Waals surface area contributed by atoms with Crippen molar-refractivity contribution in [3.63, 3.8) is 0 Å². The lowest BCUT2D eigenvalue weighted by atomic mass is 10.1. The van der Waals surface area contributed by atoms with Crippen molar-refractivity contribution in [1.82, 2.24) is 5.32 Å². The summed E-state index contributed by atoms with van der Waals surface area (Å²) in [5, 5.41) is 2.93. The highest BCUT2D eigenvalue weighted by Crippen LogP contribution is 2.23. The molecule has 5 nitrogen and oxygen atoms in total. The number of amides is 1. The molecule has 0 aliphatic heterocycles. The first kappa shape index (κ1) is 19.6. The molecule has 1 N–H and O–H groups in total. The summed E-state index contributed by atoms with van der Waals surface area (Å²) in [4.78, 5) is 12.1. The van der Waals surface area contributed by atoms with E-state index in [0.717, 1.165) is 61.2 Å². The summed E-state index contributed by atoms with van der Waals surface area (Å²) in [6.07, 6.45) is 7.17. The zero-order valence-electron chi connectivity index (χ0n) is 14.3. The second-order valence-corrected chi connectivity index (χ2v) is 8.34. The highest BCUT2D eigenvalue weighted by atomic mass is 32.2. The van der Waals surface area contributed by atoms with Crippen LogP contribution in [0.15, 0.2) is 18.2 Å². The Morgan fingerprint density at radius 1 is 1.20 bits per heavy atom. The standard InChI is InChI=1S/C17H24F2N2O3S/c1-25(23,24)21(16-9-8-13(18)12-15(16)19)11-10-17(22)20-14-6-4-2-3-5-7-14/h8-9,12,14H,2-7,10-11H2,1H3,(H,20,22). The van der Waals surface area contributed by atoms with Crippen molar-refractivity contribution < 1.29 is 22.0 Å². The van der Waals surface area contributed by atoms with Gasteiger partial charge in [0, 0.05) is 25.1 Å². The van der Waals surface area contributed by atoms with Gasteiger partial charge in [-0.3, -0.25) is 9.10 Å². The first-order valence-electron chi connectivity index (χ1n) is 8.49. The van der Waals surface area contributed by atoms with E-state index < -0.39 is 21.7 Å². The third-order valence-corrected chi connectivity index (χ3v) is 5.52. The smallest absolute Gasteiger partial charge is 0.232 e. The lowest BCUT2D eigenvalue weighted by Gasteiger charge is -2.23. The van der Waals surface area contributed by atoms with Crippen molar-refractivity contribution in [1.29, 1.82) is 0 Å². The van der Waals surface area contributed by atoms with Gasteiger partial charge in [-0.25, -0.2) is 17.2 Å². The average molecular weight is 374 g/mol. The maximum absolute atomic E-state index is 13.9. The molecular formula is C17H24F2N2O3S. The molecule has 1 saturated carbocycles. The van der Waals surface area contributed by atoms with Crippen molar-refractivity contribution in [3.8, 4) is 0 Å². The Kier molecular flexibility index (Phi) is 6.75. The summed E-state index contributed by atoms with van der Waals surface area (Å²) in [5.41, 5.74) is -0.258. The van der Waals surface area contributed by atoms with Crippen LogP contribution in [0.2, 0.25) is 0 Å². The number of benzene rings is 1. The minimum absolute atomic E-state index is 0.0829. The Labute approximate surface area is 147 Å². The molecule has 0 heterocycles. The molecule has 0 saturated heterocycles. The topological polar surface area (TPSA) is 66.5 Å². The van der Waals surface area contributed by atoms with Gasteiger partial charge in [-0.05, 0) is 25.0 Å². The SMILES string of the molecule is CS(=O)(=O)N(CCC(=O)NC1CCCCCC1)c1ccc(F)cc1F. The lowest BCUT2D eigenvalue weighted by molar-refractivity contribution is -0.121. The van der Waals surface area contributed by atoms with Crippen LogP contribution < -0.4 is 9.62 Å². The van der Waals surface area contributed by atoms with Crippen LogP contribution in [0.3, 0.4) is 0 Å². The van der Waals surface area contributed by atoms with Gasteiger partial charge in [-0.2, -0.15) is 0 Å². The minimum atomic E-state index is -3.80. The van der Waals surface area contributed by atoms with Crippen LogP contribution in [0, 0.1) is 11.6 Å². The van der Waals surface area contributed by atoms with Crippen LogP contribution in [0.4, 0.5) is 14.5 Å². The molecule has 1 amide bonds. The van der Waals surface area contributed by atoms with E-state index in [4.69, 9.17) is 0 Å². The van der Waals surface area contributed by atoms with Crippen molar-refractivity contribution in [2.45, 2.75) is 51.0 Å². The fraction of sp³-hybridized carbons (Fsp3) is 0.588. The summed E-state index contributed by atoms with van der Waals surface area (Å²) < 4.78 is 51.7. The lowest BCUT2D eigenvalue weighted by Crippen LogP contribution is -2.38. The van der Waals surface area contributed by atoms with E-state index in [1.807, 2.05) is 0 Å². The fourth-order valence-corrected chi connectivity index (χ4v) is 4.00. The quantitative estimate of drug-likeness (QED) is 0.779. The number of hydrogen-bond acceptors (Lipinski definition) is 3. The molecule has 1 fully saturated rings. The van der Waals surface area contributed by atoms with Gasteiger partial charge in [-0.1, -0.05) is 25.7 Å². The van der Waals surface area contributed by atoms with Crippen molar-refractivity contribution in [3.05, 3.63) is 29.8 Å². The third-order valence-electron chi connectivity index (χ3n) is 4.34. The Balaban J connectivity index is 2.01. The normalized spacial score (nSPS) is 16.3. The van der Waals surface area contributed by atoms with E-state index >= 15 is 0 Å². The number of halogens is 2. The van der Waals surface area contributed by atoms with E-state index in [-0.39, 0.29) is 30.6 Å². The molecule has 0 aromatic heterocycles. The maximum Gasteiger partial charge on any atom is 0.232 e. The molecule has 0 bridgehead atoms. The zero-order valence-corrected chi connectivity index (χ0v) is 15.1. The maximum atomic E-state index is 13.9. The van der Waals surface area contributed by atoms with Crippen molar-refractivity contribution >= 4 is 21.6 Å². The molecule has 1 aromatic rings. The zero-order chi connectivity index (χ0) is 18.4. The summed E-state index contributed by atoms with van der Waals surface area (Å²) in [5.74, 6) is -2.03. The predicted molar refractivity (Wildman–Crippen MR) is 92.8 cm³/mol. The molecule has 25 heavy (non-hydrogen) atoms. The number of carbonyl (C=O) groups excluding carboxylic acids is 1. The minimum Gasteiger partial charge on any atom is -0.353 e. The summed E-state index contributed by atoms with van der Waals surface area (Å²) in [6.45, 7) is -0.195. The monoisotopic (exact) mass is 374 g/mol. The summed E-state index contributed by atoms with van der Waals surface area (Å²) >= 11 is 0. The second kappa shape index (κ2) is 8.60. The molecule has 1 aliphatic carbocycles. The number of nitrogens with zero attached hydrogens (tertiary/aromatic N) is 1. The molecule has 0 spiro atoms. The van der Waals surface area contributed by atoms with Crippen molar-refractivity contribution in [2.24, 2.45) is 0 Å². The molecular weight excluding hydrogens is 350 g/mol. The number of sulfonamides is 1. The van der Waals surface area contributed by atoms with Gasteiger partial charge in [0.25, 0.3) is 0 Å². The van der Waals surface area contributed by atoms with E-state index in [1.54, 1.807) is 0 Å². The van der Waals surface area contributed by atoms with E-state index in [9.17, 15) is 22.0 Å². The first-order valence-corrected chi connectivity index (χ1v) is 10.3. The second-order valence-electron chi connectivity index (χ2n) is 6.44. The first-order chi connectivity index (χ1) is 11.8. The summed E-state index contributed by atoms with van der Waals surface area (Å²) in [7, 11) is -3.80. The molecule has 140 valence electrons. The van der Waals surface area contributed by atoms with Gasteiger partial charge in [0.2, 0.25) is 15.9 Å². The Bertz CT molecular complexity index is 702. The van der Waals surface area contributed by atoms with Crippen LogP contribution in [-0.4, -0.2) is 33.2 Å².